The average molecular weight is 385 g/mol. The number of hydrogen-bond donors (Lipinski definition) is 1. The van der Waals surface area contributed by atoms with Crippen molar-refractivity contribution < 1.29 is 9.18 Å². The molecule has 0 atom stereocenters. The van der Waals surface area contributed by atoms with E-state index in [1.54, 1.807) is 24.5 Å². The molecule has 6 nitrogen and oxygen atoms in total. The number of nitrogens with zero attached hydrogens (tertiary/aromatic N) is 4. The van der Waals surface area contributed by atoms with Crippen molar-refractivity contribution in [2.75, 3.05) is 11.1 Å². The van der Waals surface area contributed by atoms with Crippen molar-refractivity contribution in [2.24, 2.45) is 0 Å². The van der Waals surface area contributed by atoms with Crippen molar-refractivity contribution in [2.45, 2.75) is 31.5 Å². The molecule has 0 aliphatic carbocycles. The molecule has 0 fully saturated rings. The molecule has 1 amide bonds. The number of pyridine rings is 1. The predicted octanol–water partition coefficient (Wildman–Crippen LogP) is 4.01. The SMILES string of the molecule is CCCCn1c(SCC(=O)Nc2cccc(F)c2)nnc1-c1ccncc1. The molecule has 0 bridgehead atoms. The van der Waals surface area contributed by atoms with Gasteiger partial charge in [0.15, 0.2) is 11.0 Å². The lowest BCUT2D eigenvalue weighted by Gasteiger charge is -2.10. The summed E-state index contributed by atoms with van der Waals surface area (Å²) in [5.74, 6) is 0.318. The van der Waals surface area contributed by atoms with E-state index in [0.717, 1.165) is 30.8 Å². The highest BCUT2D eigenvalue weighted by Crippen LogP contribution is 2.24. The summed E-state index contributed by atoms with van der Waals surface area (Å²) in [5.41, 5.74) is 1.37. The van der Waals surface area contributed by atoms with Crippen LogP contribution < -0.4 is 5.32 Å². The van der Waals surface area contributed by atoms with E-state index in [4.69, 9.17) is 0 Å². The topological polar surface area (TPSA) is 72.7 Å². The number of hydrogen-bond acceptors (Lipinski definition) is 5. The Bertz CT molecular complexity index is 900. The molecule has 0 unspecified atom stereocenters. The van der Waals surface area contributed by atoms with Crippen LogP contribution in [-0.4, -0.2) is 31.4 Å². The first-order valence-corrected chi connectivity index (χ1v) is 9.67. The lowest BCUT2D eigenvalue weighted by Crippen LogP contribution is -2.14. The zero-order valence-electron chi connectivity index (χ0n) is 14.9. The van der Waals surface area contributed by atoms with Crippen molar-refractivity contribution in [3.63, 3.8) is 0 Å². The third-order valence-corrected chi connectivity index (χ3v) is 4.80. The quantitative estimate of drug-likeness (QED) is 0.593. The smallest absolute Gasteiger partial charge is 0.234 e. The number of benzene rings is 1. The van der Waals surface area contributed by atoms with Crippen molar-refractivity contribution in [1.82, 2.24) is 19.7 Å². The van der Waals surface area contributed by atoms with Gasteiger partial charge in [0.1, 0.15) is 5.82 Å². The highest BCUT2D eigenvalue weighted by molar-refractivity contribution is 7.99. The largest absolute Gasteiger partial charge is 0.325 e. The molecular formula is C19H20FN5OS. The van der Waals surface area contributed by atoms with E-state index >= 15 is 0 Å². The van der Waals surface area contributed by atoms with E-state index in [9.17, 15) is 9.18 Å². The predicted molar refractivity (Wildman–Crippen MR) is 104 cm³/mol. The van der Waals surface area contributed by atoms with Crippen LogP contribution in [0.2, 0.25) is 0 Å². The van der Waals surface area contributed by atoms with E-state index in [-0.39, 0.29) is 17.5 Å². The van der Waals surface area contributed by atoms with Crippen molar-refractivity contribution >= 4 is 23.4 Å². The first-order valence-electron chi connectivity index (χ1n) is 8.69. The number of rotatable bonds is 8. The van der Waals surface area contributed by atoms with Crippen LogP contribution in [0.1, 0.15) is 19.8 Å². The van der Waals surface area contributed by atoms with Gasteiger partial charge in [-0.25, -0.2) is 4.39 Å². The van der Waals surface area contributed by atoms with Crippen LogP contribution in [0.15, 0.2) is 53.9 Å². The molecule has 1 N–H and O–H groups in total. The maximum Gasteiger partial charge on any atom is 0.234 e. The Kier molecular flexibility index (Phi) is 6.54. The van der Waals surface area contributed by atoms with E-state index in [2.05, 4.69) is 27.4 Å². The van der Waals surface area contributed by atoms with E-state index in [1.165, 1.54) is 23.9 Å². The lowest BCUT2D eigenvalue weighted by atomic mass is 10.2. The van der Waals surface area contributed by atoms with Gasteiger partial charge in [0, 0.05) is 30.2 Å². The van der Waals surface area contributed by atoms with Gasteiger partial charge in [0.05, 0.1) is 5.75 Å². The summed E-state index contributed by atoms with van der Waals surface area (Å²) in [4.78, 5) is 16.2. The Labute approximate surface area is 161 Å². The summed E-state index contributed by atoms with van der Waals surface area (Å²) in [5, 5.41) is 11.9. The minimum absolute atomic E-state index is 0.164. The minimum atomic E-state index is -0.387. The Morgan fingerprint density at radius 1 is 1.22 bits per heavy atom. The molecule has 0 aliphatic heterocycles. The number of carbonyl (C=O) groups excluding carboxylic acids is 1. The second kappa shape index (κ2) is 9.27. The summed E-state index contributed by atoms with van der Waals surface area (Å²) >= 11 is 1.31. The van der Waals surface area contributed by atoms with Crippen LogP contribution in [0.3, 0.4) is 0 Å². The van der Waals surface area contributed by atoms with Gasteiger partial charge >= 0.3 is 0 Å². The van der Waals surface area contributed by atoms with Gasteiger partial charge in [-0.2, -0.15) is 0 Å². The fraction of sp³-hybridized carbons (Fsp3) is 0.263. The fourth-order valence-electron chi connectivity index (χ4n) is 2.52. The second-order valence-electron chi connectivity index (χ2n) is 5.89. The van der Waals surface area contributed by atoms with Crippen molar-refractivity contribution in [1.29, 1.82) is 0 Å². The number of aromatic nitrogens is 4. The number of thioether (sulfide) groups is 1. The molecule has 27 heavy (non-hydrogen) atoms. The molecule has 3 rings (SSSR count). The molecule has 0 saturated heterocycles. The molecule has 2 aromatic heterocycles. The average Bonchev–Trinajstić information content (AvgIpc) is 3.08. The molecule has 0 aliphatic rings. The first-order chi connectivity index (χ1) is 13.2. The molecule has 0 spiro atoms. The number of anilines is 1. The summed E-state index contributed by atoms with van der Waals surface area (Å²) in [6.07, 6.45) is 5.46. The zero-order valence-corrected chi connectivity index (χ0v) is 15.7. The normalized spacial score (nSPS) is 10.7. The van der Waals surface area contributed by atoms with Gasteiger partial charge in [0.25, 0.3) is 0 Å². The summed E-state index contributed by atoms with van der Waals surface area (Å²) in [6.45, 7) is 2.89. The molecule has 8 heteroatoms. The summed E-state index contributed by atoms with van der Waals surface area (Å²) in [7, 11) is 0. The van der Waals surface area contributed by atoms with E-state index in [0.29, 0.717) is 10.8 Å². The Morgan fingerprint density at radius 3 is 2.78 bits per heavy atom. The van der Waals surface area contributed by atoms with Crippen LogP contribution in [0.4, 0.5) is 10.1 Å². The summed E-state index contributed by atoms with van der Waals surface area (Å²) in [6, 6.07) is 9.60. The number of unbranched alkanes of at least 4 members (excludes halogenated alkanes) is 1. The van der Waals surface area contributed by atoms with Gasteiger partial charge in [-0.1, -0.05) is 31.2 Å². The Morgan fingerprint density at radius 2 is 2.04 bits per heavy atom. The standard InChI is InChI=1S/C19H20FN5OS/c1-2-3-11-25-18(14-7-9-21-10-8-14)23-24-19(25)27-13-17(26)22-16-6-4-5-15(20)12-16/h4-10,12H,2-3,11,13H2,1H3,(H,22,26). The molecule has 3 aromatic rings. The van der Waals surface area contributed by atoms with Crippen LogP contribution in [0.25, 0.3) is 11.4 Å². The maximum absolute atomic E-state index is 13.2. The first kappa shape index (κ1) is 19.0. The highest BCUT2D eigenvalue weighted by Gasteiger charge is 2.15. The lowest BCUT2D eigenvalue weighted by molar-refractivity contribution is -0.113. The fourth-order valence-corrected chi connectivity index (χ4v) is 3.29. The minimum Gasteiger partial charge on any atom is -0.325 e. The zero-order chi connectivity index (χ0) is 19.1. The van der Waals surface area contributed by atoms with Crippen LogP contribution in [0, 0.1) is 5.82 Å². The number of carbonyl (C=O) groups is 1. The number of nitrogens with one attached hydrogen (secondary N) is 1. The van der Waals surface area contributed by atoms with Gasteiger partial charge in [0.2, 0.25) is 5.91 Å². The molecule has 1 aromatic carbocycles. The van der Waals surface area contributed by atoms with E-state index < -0.39 is 0 Å². The number of halogens is 1. The third-order valence-electron chi connectivity index (χ3n) is 3.83. The molecule has 0 saturated carbocycles. The van der Waals surface area contributed by atoms with Crippen LogP contribution in [0.5, 0.6) is 0 Å². The molecule has 140 valence electrons. The third kappa shape index (κ3) is 5.13. The van der Waals surface area contributed by atoms with Crippen molar-refractivity contribution in [3.05, 3.63) is 54.6 Å². The van der Waals surface area contributed by atoms with Gasteiger partial charge < -0.3 is 9.88 Å². The molecule has 0 radical (unpaired) electrons. The van der Waals surface area contributed by atoms with Crippen LogP contribution >= 0.6 is 11.8 Å². The Hall–Kier alpha value is -2.74. The monoisotopic (exact) mass is 385 g/mol. The van der Waals surface area contributed by atoms with Crippen molar-refractivity contribution in [3.8, 4) is 11.4 Å². The maximum atomic E-state index is 13.2. The Balaban J connectivity index is 1.70. The number of amides is 1. The highest BCUT2D eigenvalue weighted by atomic mass is 32.2. The molecular weight excluding hydrogens is 365 g/mol. The van der Waals surface area contributed by atoms with Crippen LogP contribution in [-0.2, 0) is 11.3 Å². The summed E-state index contributed by atoms with van der Waals surface area (Å²) < 4.78 is 15.2. The van der Waals surface area contributed by atoms with E-state index in [1.807, 2.05) is 16.7 Å². The van der Waals surface area contributed by atoms with Gasteiger partial charge in [-0.15, -0.1) is 10.2 Å². The van der Waals surface area contributed by atoms with Gasteiger partial charge in [-0.05, 0) is 36.8 Å². The second-order valence-corrected chi connectivity index (χ2v) is 6.84. The van der Waals surface area contributed by atoms with Gasteiger partial charge in [-0.3, -0.25) is 9.78 Å². The molecule has 2 heterocycles.